The Kier molecular flexibility index (Phi) is 5.93. The van der Waals surface area contributed by atoms with Crippen LogP contribution in [0.5, 0.6) is 0 Å². The van der Waals surface area contributed by atoms with E-state index in [-0.39, 0.29) is 16.7 Å². The van der Waals surface area contributed by atoms with Crippen LogP contribution < -0.4 is 0 Å². The van der Waals surface area contributed by atoms with Gasteiger partial charge in [-0.25, -0.2) is 8.42 Å². The average Bonchev–Trinajstić information content (AvgIpc) is 3.16. The van der Waals surface area contributed by atoms with E-state index in [0.717, 1.165) is 0 Å². The van der Waals surface area contributed by atoms with Crippen LogP contribution in [0.2, 0.25) is 0 Å². The molecule has 1 fully saturated rings. The van der Waals surface area contributed by atoms with Crippen LogP contribution in [0.15, 0.2) is 38.8 Å². The van der Waals surface area contributed by atoms with Crippen LogP contribution in [0.1, 0.15) is 6.92 Å². The van der Waals surface area contributed by atoms with Crippen molar-refractivity contribution in [3.8, 4) is 17.5 Å². The zero-order valence-corrected chi connectivity index (χ0v) is 15.8. The fourth-order valence-electron chi connectivity index (χ4n) is 2.34. The van der Waals surface area contributed by atoms with E-state index in [1.54, 1.807) is 18.2 Å². The Morgan fingerprint density at radius 2 is 2.12 bits per heavy atom. The molecule has 0 amide bonds. The van der Waals surface area contributed by atoms with Crippen LogP contribution in [0.4, 0.5) is 0 Å². The first-order chi connectivity index (χ1) is 12.5. The second-order valence-corrected chi connectivity index (χ2v) is 8.67. The van der Waals surface area contributed by atoms with Gasteiger partial charge in [-0.05, 0) is 25.1 Å². The number of rotatable bonds is 6. The maximum absolute atomic E-state index is 12.8. The van der Waals surface area contributed by atoms with Crippen molar-refractivity contribution >= 4 is 21.8 Å². The summed E-state index contributed by atoms with van der Waals surface area (Å²) >= 11 is 1.30. The van der Waals surface area contributed by atoms with Crippen LogP contribution >= 0.6 is 11.8 Å². The fourth-order valence-corrected chi connectivity index (χ4v) is 4.50. The zero-order valence-electron chi connectivity index (χ0n) is 14.2. The van der Waals surface area contributed by atoms with Crippen molar-refractivity contribution in [3.63, 3.8) is 0 Å². The van der Waals surface area contributed by atoms with E-state index < -0.39 is 10.0 Å². The Morgan fingerprint density at radius 3 is 2.85 bits per heavy atom. The second-order valence-electron chi connectivity index (χ2n) is 5.76. The molecule has 0 spiro atoms. The first kappa shape index (κ1) is 18.8. The molecule has 138 valence electrons. The Hall–Kier alpha value is -1.93. The van der Waals surface area contributed by atoms with Gasteiger partial charge in [0.15, 0.2) is 0 Å². The SMILES string of the molecule is C[C@H](C#N)CSc1nnc(-c2cccc(S(=O)(=O)N3CCOCC3)c2)o1. The Morgan fingerprint density at radius 1 is 1.35 bits per heavy atom. The van der Waals surface area contributed by atoms with Crippen molar-refractivity contribution in [1.82, 2.24) is 14.5 Å². The summed E-state index contributed by atoms with van der Waals surface area (Å²) in [7, 11) is -3.59. The van der Waals surface area contributed by atoms with E-state index in [1.807, 2.05) is 6.92 Å². The third kappa shape index (κ3) is 4.24. The van der Waals surface area contributed by atoms with Gasteiger partial charge in [-0.3, -0.25) is 0 Å². The highest BCUT2D eigenvalue weighted by Crippen LogP contribution is 2.27. The summed E-state index contributed by atoms with van der Waals surface area (Å²) in [5.41, 5.74) is 0.534. The predicted molar refractivity (Wildman–Crippen MR) is 94.8 cm³/mol. The highest BCUT2D eigenvalue weighted by Gasteiger charge is 2.26. The highest BCUT2D eigenvalue weighted by molar-refractivity contribution is 7.99. The summed E-state index contributed by atoms with van der Waals surface area (Å²) in [4.78, 5) is 0.183. The summed E-state index contributed by atoms with van der Waals surface area (Å²) in [6.45, 7) is 3.27. The van der Waals surface area contributed by atoms with Gasteiger partial charge in [0.1, 0.15) is 0 Å². The highest BCUT2D eigenvalue weighted by atomic mass is 32.2. The molecule has 26 heavy (non-hydrogen) atoms. The van der Waals surface area contributed by atoms with Crippen LogP contribution in [-0.4, -0.2) is 55.0 Å². The molecule has 0 unspecified atom stereocenters. The molecule has 1 aromatic carbocycles. The molecule has 10 heteroatoms. The van der Waals surface area contributed by atoms with Crippen molar-refractivity contribution in [3.05, 3.63) is 24.3 Å². The Labute approximate surface area is 156 Å². The van der Waals surface area contributed by atoms with E-state index in [0.29, 0.717) is 42.8 Å². The lowest BCUT2D eigenvalue weighted by atomic mass is 10.2. The first-order valence-corrected chi connectivity index (χ1v) is 10.5. The molecule has 1 aliphatic rings. The van der Waals surface area contributed by atoms with E-state index in [9.17, 15) is 8.42 Å². The summed E-state index contributed by atoms with van der Waals surface area (Å²) < 4.78 is 37.7. The number of thioether (sulfide) groups is 1. The minimum Gasteiger partial charge on any atom is -0.411 e. The fraction of sp³-hybridized carbons (Fsp3) is 0.438. The molecule has 1 aliphatic heterocycles. The minimum absolute atomic E-state index is 0.127. The maximum Gasteiger partial charge on any atom is 0.276 e. The molecule has 1 atom stereocenters. The van der Waals surface area contributed by atoms with Crippen LogP contribution in [0, 0.1) is 17.2 Å². The van der Waals surface area contributed by atoms with Crippen LogP contribution in [0.25, 0.3) is 11.5 Å². The van der Waals surface area contributed by atoms with Crippen LogP contribution in [0.3, 0.4) is 0 Å². The molecule has 0 aliphatic carbocycles. The van der Waals surface area contributed by atoms with E-state index in [1.165, 1.54) is 22.1 Å². The van der Waals surface area contributed by atoms with Gasteiger partial charge in [-0.15, -0.1) is 10.2 Å². The number of nitrogens with zero attached hydrogens (tertiary/aromatic N) is 4. The molecule has 0 N–H and O–H groups in total. The quantitative estimate of drug-likeness (QED) is 0.685. The molecule has 1 saturated heterocycles. The Balaban J connectivity index is 1.79. The molecule has 0 saturated carbocycles. The van der Waals surface area contributed by atoms with Gasteiger partial charge < -0.3 is 9.15 Å². The monoisotopic (exact) mass is 394 g/mol. The van der Waals surface area contributed by atoms with Gasteiger partial charge in [0.2, 0.25) is 15.9 Å². The molecule has 8 nitrogen and oxygen atoms in total. The Bertz CT molecular complexity index is 901. The summed E-state index contributed by atoms with van der Waals surface area (Å²) in [6, 6.07) is 8.59. The summed E-state index contributed by atoms with van der Waals surface area (Å²) in [5.74, 6) is 0.664. The lowest BCUT2D eigenvalue weighted by molar-refractivity contribution is 0.0730. The number of nitriles is 1. The number of sulfonamides is 1. The number of ether oxygens (including phenoxy) is 1. The number of aromatic nitrogens is 2. The molecule has 1 aromatic heterocycles. The van der Waals surface area contributed by atoms with Crippen LogP contribution in [-0.2, 0) is 14.8 Å². The molecule has 3 rings (SSSR count). The summed E-state index contributed by atoms with van der Waals surface area (Å²) in [6.07, 6.45) is 0. The van der Waals surface area contributed by atoms with E-state index in [2.05, 4.69) is 16.3 Å². The number of morpholine rings is 1. The number of hydrogen-bond donors (Lipinski definition) is 0. The molecule has 2 aromatic rings. The predicted octanol–water partition coefficient (Wildman–Crippen LogP) is 2.01. The van der Waals surface area contributed by atoms with E-state index >= 15 is 0 Å². The third-order valence-corrected chi connectivity index (χ3v) is 6.75. The largest absolute Gasteiger partial charge is 0.411 e. The van der Waals surface area contributed by atoms with Gasteiger partial charge in [0.25, 0.3) is 5.22 Å². The van der Waals surface area contributed by atoms with Crippen molar-refractivity contribution in [2.75, 3.05) is 32.1 Å². The topological polar surface area (TPSA) is 109 Å². The summed E-state index contributed by atoms with van der Waals surface area (Å²) in [5, 5.41) is 17.1. The zero-order chi connectivity index (χ0) is 18.6. The lowest BCUT2D eigenvalue weighted by Crippen LogP contribution is -2.40. The minimum atomic E-state index is -3.59. The van der Waals surface area contributed by atoms with Crippen molar-refractivity contribution in [2.45, 2.75) is 17.0 Å². The average molecular weight is 394 g/mol. The van der Waals surface area contributed by atoms with E-state index in [4.69, 9.17) is 14.4 Å². The molecular weight excluding hydrogens is 376 g/mol. The normalized spacial score (nSPS) is 16.9. The van der Waals surface area contributed by atoms with Crippen molar-refractivity contribution in [2.24, 2.45) is 5.92 Å². The van der Waals surface area contributed by atoms with Gasteiger partial charge in [0.05, 0.1) is 30.1 Å². The molecule has 0 bridgehead atoms. The second kappa shape index (κ2) is 8.18. The number of benzene rings is 1. The maximum atomic E-state index is 12.8. The standard InChI is InChI=1S/C16H18N4O4S2/c1-12(10-17)11-25-16-19-18-15(24-16)13-3-2-4-14(9-13)26(21,22)20-5-7-23-8-6-20/h2-4,9,12H,5-8,11H2,1H3/t12-/m1/s1. The third-order valence-electron chi connectivity index (χ3n) is 3.77. The number of hydrogen-bond acceptors (Lipinski definition) is 8. The van der Waals surface area contributed by atoms with Gasteiger partial charge >= 0.3 is 0 Å². The van der Waals surface area contributed by atoms with Gasteiger partial charge in [0, 0.05) is 24.4 Å². The first-order valence-electron chi connectivity index (χ1n) is 8.05. The lowest BCUT2D eigenvalue weighted by Gasteiger charge is -2.26. The smallest absolute Gasteiger partial charge is 0.276 e. The van der Waals surface area contributed by atoms with Gasteiger partial charge in [-0.2, -0.15) is 9.57 Å². The molecule has 0 radical (unpaired) electrons. The van der Waals surface area contributed by atoms with Crippen molar-refractivity contribution < 1.29 is 17.6 Å². The van der Waals surface area contributed by atoms with Crippen molar-refractivity contribution in [1.29, 1.82) is 5.26 Å². The van der Waals surface area contributed by atoms with Gasteiger partial charge in [-0.1, -0.05) is 17.8 Å². The molecule has 2 heterocycles. The molecular formula is C16H18N4O4S2.